The molecule has 0 unspecified atom stereocenters. The molecule has 0 aliphatic heterocycles. The van der Waals surface area contributed by atoms with E-state index in [0.717, 1.165) is 27.3 Å². The fraction of sp³-hybridized carbons (Fsp3) is 0.143. The van der Waals surface area contributed by atoms with Crippen molar-refractivity contribution in [3.05, 3.63) is 86.9 Å². The molecule has 0 fully saturated rings. The minimum absolute atomic E-state index is 0.117. The maximum Gasteiger partial charge on any atom is 0.277 e. The number of halogens is 1. The summed E-state index contributed by atoms with van der Waals surface area (Å²) in [6, 6.07) is 18.8. The fourth-order valence-corrected chi connectivity index (χ4v) is 4.29. The number of rotatable bonds is 2. The van der Waals surface area contributed by atoms with Crippen molar-refractivity contribution in [3.63, 3.8) is 0 Å². The molecular formula is C21H16ClNO2. The molecule has 4 heteroatoms. The third kappa shape index (κ3) is 2.27. The molecule has 0 saturated heterocycles. The molecule has 0 aromatic heterocycles. The van der Waals surface area contributed by atoms with E-state index >= 15 is 0 Å². The molecule has 0 heterocycles. The summed E-state index contributed by atoms with van der Waals surface area (Å²) in [5.41, 5.74) is 5.91. The van der Waals surface area contributed by atoms with Crippen molar-refractivity contribution in [2.45, 2.75) is 19.3 Å². The van der Waals surface area contributed by atoms with Crippen molar-refractivity contribution in [1.29, 1.82) is 0 Å². The van der Waals surface area contributed by atoms with E-state index in [2.05, 4.69) is 26.0 Å². The molecule has 1 aliphatic carbocycles. The predicted molar refractivity (Wildman–Crippen MR) is 101 cm³/mol. The van der Waals surface area contributed by atoms with Crippen molar-refractivity contribution in [3.8, 4) is 22.3 Å². The number of fused-ring (bicyclic) bond motifs is 3. The number of para-hydroxylation sites is 1. The summed E-state index contributed by atoms with van der Waals surface area (Å²) in [7, 11) is 0. The Kier molecular flexibility index (Phi) is 3.44. The van der Waals surface area contributed by atoms with Crippen LogP contribution in [-0.4, -0.2) is 4.92 Å². The van der Waals surface area contributed by atoms with E-state index in [9.17, 15) is 10.1 Å². The molecule has 0 radical (unpaired) electrons. The lowest BCUT2D eigenvalue weighted by Gasteiger charge is -2.22. The van der Waals surface area contributed by atoms with Gasteiger partial charge in [0.25, 0.3) is 5.69 Å². The Hall–Kier alpha value is -2.65. The molecule has 0 N–H and O–H groups in total. The SMILES string of the molecule is CC1(C)c2ccc(-c3ccccc3[N+](=O)[O-])cc2-c2cccc(Cl)c21. The van der Waals surface area contributed by atoms with Gasteiger partial charge >= 0.3 is 0 Å². The summed E-state index contributed by atoms with van der Waals surface area (Å²) in [5, 5.41) is 12.1. The second-order valence-corrected chi connectivity index (χ2v) is 7.23. The number of nitro benzene ring substituents is 1. The maximum atomic E-state index is 11.4. The van der Waals surface area contributed by atoms with Gasteiger partial charge in [-0.2, -0.15) is 0 Å². The Labute approximate surface area is 151 Å². The summed E-state index contributed by atoms with van der Waals surface area (Å²) in [6.45, 7) is 4.32. The highest BCUT2D eigenvalue weighted by molar-refractivity contribution is 6.32. The summed E-state index contributed by atoms with van der Waals surface area (Å²) in [6.07, 6.45) is 0. The quantitative estimate of drug-likeness (QED) is 0.407. The molecule has 0 saturated carbocycles. The van der Waals surface area contributed by atoms with Crippen LogP contribution in [0.5, 0.6) is 0 Å². The van der Waals surface area contributed by atoms with Gasteiger partial charge in [-0.05, 0) is 46.0 Å². The van der Waals surface area contributed by atoms with Gasteiger partial charge in [-0.15, -0.1) is 0 Å². The van der Waals surface area contributed by atoms with Crippen LogP contribution < -0.4 is 0 Å². The first-order valence-electron chi connectivity index (χ1n) is 8.09. The topological polar surface area (TPSA) is 43.1 Å². The van der Waals surface area contributed by atoms with Gasteiger partial charge in [0, 0.05) is 16.5 Å². The number of hydrogen-bond acceptors (Lipinski definition) is 2. The number of nitro groups is 1. The van der Waals surface area contributed by atoms with Gasteiger partial charge in [-0.3, -0.25) is 10.1 Å². The van der Waals surface area contributed by atoms with Crippen molar-refractivity contribution in [2.24, 2.45) is 0 Å². The van der Waals surface area contributed by atoms with Crippen LogP contribution in [0.15, 0.2) is 60.7 Å². The van der Waals surface area contributed by atoms with E-state index in [1.54, 1.807) is 12.1 Å². The van der Waals surface area contributed by atoms with Crippen LogP contribution >= 0.6 is 11.6 Å². The Morgan fingerprint density at radius 3 is 2.40 bits per heavy atom. The predicted octanol–water partition coefficient (Wildman–Crippen LogP) is 6.22. The highest BCUT2D eigenvalue weighted by Gasteiger charge is 2.37. The Bertz CT molecular complexity index is 1020. The molecule has 0 atom stereocenters. The summed E-state index contributed by atoms with van der Waals surface area (Å²) in [5.74, 6) is 0. The molecule has 25 heavy (non-hydrogen) atoms. The average Bonchev–Trinajstić information content (AvgIpc) is 2.83. The summed E-state index contributed by atoms with van der Waals surface area (Å²) >= 11 is 6.48. The zero-order chi connectivity index (χ0) is 17.8. The lowest BCUT2D eigenvalue weighted by atomic mass is 9.82. The monoisotopic (exact) mass is 349 g/mol. The molecular weight excluding hydrogens is 334 g/mol. The number of hydrogen-bond donors (Lipinski definition) is 0. The van der Waals surface area contributed by atoms with Crippen LogP contribution in [0.2, 0.25) is 5.02 Å². The normalized spacial score (nSPS) is 14.0. The molecule has 3 aromatic rings. The summed E-state index contributed by atoms with van der Waals surface area (Å²) < 4.78 is 0. The van der Waals surface area contributed by atoms with Crippen molar-refractivity contribution in [2.75, 3.05) is 0 Å². The fourth-order valence-electron chi connectivity index (χ4n) is 3.88. The van der Waals surface area contributed by atoms with Gasteiger partial charge < -0.3 is 0 Å². The molecule has 0 bridgehead atoms. The van der Waals surface area contributed by atoms with E-state index in [1.807, 2.05) is 30.3 Å². The highest BCUT2D eigenvalue weighted by Crippen LogP contribution is 2.52. The first-order valence-corrected chi connectivity index (χ1v) is 8.47. The Morgan fingerprint density at radius 1 is 0.920 bits per heavy atom. The second-order valence-electron chi connectivity index (χ2n) is 6.82. The van der Waals surface area contributed by atoms with Crippen LogP contribution in [0, 0.1) is 10.1 Å². The van der Waals surface area contributed by atoms with Gasteiger partial charge in [0.05, 0.1) is 10.5 Å². The van der Waals surface area contributed by atoms with Crippen molar-refractivity contribution in [1.82, 2.24) is 0 Å². The van der Waals surface area contributed by atoms with E-state index < -0.39 is 0 Å². The number of benzene rings is 3. The minimum Gasteiger partial charge on any atom is -0.258 e. The van der Waals surface area contributed by atoms with Gasteiger partial charge in [0.15, 0.2) is 0 Å². The lowest BCUT2D eigenvalue weighted by molar-refractivity contribution is -0.384. The Balaban J connectivity index is 1.97. The smallest absolute Gasteiger partial charge is 0.258 e. The summed E-state index contributed by atoms with van der Waals surface area (Å²) in [4.78, 5) is 11.0. The maximum absolute atomic E-state index is 11.4. The molecule has 3 nitrogen and oxygen atoms in total. The van der Waals surface area contributed by atoms with Crippen LogP contribution in [0.25, 0.3) is 22.3 Å². The zero-order valence-corrected chi connectivity index (χ0v) is 14.7. The van der Waals surface area contributed by atoms with Gasteiger partial charge in [0.2, 0.25) is 0 Å². The van der Waals surface area contributed by atoms with Crippen LogP contribution in [0.1, 0.15) is 25.0 Å². The molecule has 1 aliphatic rings. The average molecular weight is 350 g/mol. The highest BCUT2D eigenvalue weighted by atomic mass is 35.5. The van der Waals surface area contributed by atoms with Gasteiger partial charge in [-0.25, -0.2) is 0 Å². The molecule has 0 spiro atoms. The zero-order valence-electron chi connectivity index (χ0n) is 13.9. The molecule has 124 valence electrons. The first kappa shape index (κ1) is 15.9. The second kappa shape index (κ2) is 5.43. The van der Waals surface area contributed by atoms with Crippen molar-refractivity contribution < 1.29 is 4.92 Å². The van der Waals surface area contributed by atoms with Crippen LogP contribution in [0.4, 0.5) is 5.69 Å². The largest absolute Gasteiger partial charge is 0.277 e. The van der Waals surface area contributed by atoms with Crippen molar-refractivity contribution >= 4 is 17.3 Å². The van der Waals surface area contributed by atoms with E-state index in [0.29, 0.717) is 5.56 Å². The van der Waals surface area contributed by atoms with Gasteiger partial charge in [-0.1, -0.05) is 61.8 Å². The van der Waals surface area contributed by atoms with E-state index in [-0.39, 0.29) is 16.0 Å². The third-order valence-corrected chi connectivity index (χ3v) is 5.35. The van der Waals surface area contributed by atoms with Crippen LogP contribution in [0.3, 0.4) is 0 Å². The Morgan fingerprint density at radius 2 is 1.64 bits per heavy atom. The van der Waals surface area contributed by atoms with Gasteiger partial charge in [0.1, 0.15) is 0 Å². The van der Waals surface area contributed by atoms with E-state index in [4.69, 9.17) is 11.6 Å². The first-order chi connectivity index (χ1) is 11.9. The standard InChI is InChI=1S/C21H16ClNO2/c1-21(2)17-11-10-13(14-6-3-4-9-19(14)23(24)25)12-16(17)15-7-5-8-18(22)20(15)21/h3-12H,1-2H3. The lowest BCUT2D eigenvalue weighted by Crippen LogP contribution is -2.15. The third-order valence-electron chi connectivity index (χ3n) is 5.03. The van der Waals surface area contributed by atoms with Crippen LogP contribution in [-0.2, 0) is 5.41 Å². The minimum atomic E-state index is -0.336. The van der Waals surface area contributed by atoms with E-state index in [1.165, 1.54) is 11.6 Å². The molecule has 3 aromatic carbocycles. The number of nitrogens with zero attached hydrogens (tertiary/aromatic N) is 1. The molecule has 0 amide bonds. The molecule has 4 rings (SSSR count).